The van der Waals surface area contributed by atoms with Crippen molar-refractivity contribution in [3.05, 3.63) is 76.8 Å². The summed E-state index contributed by atoms with van der Waals surface area (Å²) in [7, 11) is 0. The van der Waals surface area contributed by atoms with Gasteiger partial charge in [-0.2, -0.15) is 5.10 Å². The summed E-state index contributed by atoms with van der Waals surface area (Å²) in [6.45, 7) is 3.75. The summed E-state index contributed by atoms with van der Waals surface area (Å²) < 4.78 is 2.96. The fourth-order valence-corrected chi connectivity index (χ4v) is 7.23. The molecule has 4 aromatic rings. The van der Waals surface area contributed by atoms with E-state index in [-0.39, 0.29) is 17.7 Å². The molecule has 4 heterocycles. The Morgan fingerprint density at radius 3 is 2.61 bits per heavy atom. The highest BCUT2D eigenvalue weighted by molar-refractivity contribution is 7.18. The van der Waals surface area contributed by atoms with E-state index in [0.29, 0.717) is 76.4 Å². The van der Waals surface area contributed by atoms with Crippen LogP contribution in [0, 0.1) is 6.92 Å². The second kappa shape index (κ2) is 13.7. The van der Waals surface area contributed by atoms with Crippen molar-refractivity contribution in [1.29, 1.82) is 0 Å². The first-order valence-corrected chi connectivity index (χ1v) is 16.4. The van der Waals surface area contributed by atoms with Crippen LogP contribution in [0.2, 0.25) is 0 Å². The van der Waals surface area contributed by atoms with Gasteiger partial charge in [0.1, 0.15) is 17.7 Å². The molecule has 2 aromatic carbocycles. The average molecular weight is 614 g/mol. The van der Waals surface area contributed by atoms with Gasteiger partial charge in [-0.1, -0.05) is 42.5 Å². The first-order valence-electron chi connectivity index (χ1n) is 15.6. The summed E-state index contributed by atoms with van der Waals surface area (Å²) in [5, 5.41) is 8.88. The zero-order chi connectivity index (χ0) is 30.5. The molecule has 230 valence electrons. The smallest absolute Gasteiger partial charge is 0.243 e. The zero-order valence-electron chi connectivity index (χ0n) is 25.2. The number of rotatable bonds is 5. The monoisotopic (exact) mass is 613 g/mol. The van der Waals surface area contributed by atoms with Crippen molar-refractivity contribution in [1.82, 2.24) is 34.9 Å². The number of nitrogens with one attached hydrogen (secondary N) is 1. The van der Waals surface area contributed by atoms with Crippen molar-refractivity contribution in [2.45, 2.75) is 76.9 Å². The third kappa shape index (κ3) is 6.99. The van der Waals surface area contributed by atoms with E-state index < -0.39 is 12.1 Å². The molecule has 0 radical (unpaired) electrons. The van der Waals surface area contributed by atoms with Crippen LogP contribution in [0.1, 0.15) is 66.8 Å². The minimum atomic E-state index is -0.513. The molecule has 0 saturated carbocycles. The first kappa shape index (κ1) is 29.9. The van der Waals surface area contributed by atoms with Crippen LogP contribution in [0.25, 0.3) is 10.2 Å². The van der Waals surface area contributed by atoms with Crippen LogP contribution in [0.4, 0.5) is 0 Å². The topological polar surface area (TPSA) is 113 Å². The third-order valence-electron chi connectivity index (χ3n) is 8.49. The predicted molar refractivity (Wildman–Crippen MR) is 169 cm³/mol. The molecule has 0 spiro atoms. The molecule has 2 atom stereocenters. The standard InChI is InChI=1S/C33H39N7O3S/c1-23-34-32-26(22-24-10-3-2-4-11-24)36-33(43)27-13-7-8-19-39(27)31(42)15-9-18-38(20-21-40(32)37-23)30(41)17-16-29-35-25-12-5-6-14-28(25)44-29/h2-6,10-12,14,26-27H,7-9,13,15-22H2,1H3,(H,36,43)/t26-,27+/m1/s1. The van der Waals surface area contributed by atoms with E-state index in [4.69, 9.17) is 9.97 Å². The van der Waals surface area contributed by atoms with Gasteiger partial charge in [0.25, 0.3) is 0 Å². The number of fused-ring (bicyclic) bond motifs is 3. The number of para-hydroxylation sites is 1. The lowest BCUT2D eigenvalue weighted by atomic mass is 9.99. The normalized spacial score (nSPS) is 20.1. The van der Waals surface area contributed by atoms with Gasteiger partial charge >= 0.3 is 0 Å². The molecule has 6 rings (SSSR count). The van der Waals surface area contributed by atoms with Crippen LogP contribution in [-0.2, 0) is 33.8 Å². The number of nitrogens with zero attached hydrogens (tertiary/aromatic N) is 6. The Kier molecular flexibility index (Phi) is 9.30. The Morgan fingerprint density at radius 1 is 0.955 bits per heavy atom. The summed E-state index contributed by atoms with van der Waals surface area (Å²) in [5.41, 5.74) is 2.02. The molecule has 1 saturated heterocycles. The predicted octanol–water partition coefficient (Wildman–Crippen LogP) is 4.23. The maximum absolute atomic E-state index is 13.7. The van der Waals surface area contributed by atoms with Crippen LogP contribution in [-0.4, -0.2) is 72.9 Å². The van der Waals surface area contributed by atoms with E-state index in [1.165, 1.54) is 0 Å². The van der Waals surface area contributed by atoms with E-state index in [0.717, 1.165) is 33.6 Å². The Balaban J connectivity index is 1.26. The van der Waals surface area contributed by atoms with E-state index in [9.17, 15) is 14.4 Å². The fourth-order valence-electron chi connectivity index (χ4n) is 6.26. The SMILES string of the molecule is Cc1nc2n(n1)CCN(C(=O)CCc1nc3ccccc3s1)CCCC(=O)N1CCCC[C@H]1C(=O)N[C@@H]2Cc1ccccc1. The van der Waals surface area contributed by atoms with E-state index in [1.807, 2.05) is 65.0 Å². The van der Waals surface area contributed by atoms with Gasteiger partial charge in [0.2, 0.25) is 17.7 Å². The maximum Gasteiger partial charge on any atom is 0.243 e. The molecule has 1 fully saturated rings. The quantitative estimate of drug-likeness (QED) is 0.361. The molecule has 3 amide bonds. The van der Waals surface area contributed by atoms with Gasteiger partial charge in [0.15, 0.2) is 0 Å². The molecule has 0 aliphatic carbocycles. The van der Waals surface area contributed by atoms with E-state index >= 15 is 0 Å². The zero-order valence-corrected chi connectivity index (χ0v) is 26.0. The highest BCUT2D eigenvalue weighted by Crippen LogP contribution is 2.25. The first-order chi connectivity index (χ1) is 21.4. The minimum absolute atomic E-state index is 0.0256. The van der Waals surface area contributed by atoms with Gasteiger partial charge in [-0.15, -0.1) is 11.3 Å². The molecule has 0 unspecified atom stereocenters. The summed E-state index contributed by atoms with van der Waals surface area (Å²) in [6.07, 6.45) is 4.71. The van der Waals surface area contributed by atoms with Crippen LogP contribution in [0.15, 0.2) is 54.6 Å². The number of hydrogen-bond acceptors (Lipinski definition) is 7. The number of piperidine rings is 1. The Bertz CT molecular complexity index is 1580. The number of aromatic nitrogens is 4. The minimum Gasteiger partial charge on any atom is -0.344 e. The summed E-state index contributed by atoms with van der Waals surface area (Å²) >= 11 is 1.63. The summed E-state index contributed by atoms with van der Waals surface area (Å²) in [6, 6.07) is 17.1. The van der Waals surface area contributed by atoms with Crippen molar-refractivity contribution in [2.24, 2.45) is 0 Å². The van der Waals surface area contributed by atoms with Gasteiger partial charge in [-0.05, 0) is 56.7 Å². The number of carbonyl (C=O) groups is 3. The molecule has 10 nitrogen and oxygen atoms in total. The second-order valence-electron chi connectivity index (χ2n) is 11.6. The van der Waals surface area contributed by atoms with E-state index in [2.05, 4.69) is 16.5 Å². The van der Waals surface area contributed by atoms with Crippen molar-refractivity contribution in [3.8, 4) is 0 Å². The number of aryl methyl sites for hydroxylation is 2. The Morgan fingerprint density at radius 2 is 1.77 bits per heavy atom. The molecular weight excluding hydrogens is 574 g/mol. The lowest BCUT2D eigenvalue weighted by molar-refractivity contribution is -0.143. The van der Waals surface area contributed by atoms with Crippen LogP contribution in [0.5, 0.6) is 0 Å². The third-order valence-corrected chi connectivity index (χ3v) is 9.58. The van der Waals surface area contributed by atoms with Crippen molar-refractivity contribution < 1.29 is 14.4 Å². The van der Waals surface area contributed by atoms with Gasteiger partial charge < -0.3 is 15.1 Å². The summed E-state index contributed by atoms with van der Waals surface area (Å²) in [4.78, 5) is 53.8. The van der Waals surface area contributed by atoms with Crippen molar-refractivity contribution >= 4 is 39.3 Å². The Hall–Kier alpha value is -4.12. The molecule has 44 heavy (non-hydrogen) atoms. The lowest BCUT2D eigenvalue weighted by Crippen LogP contribution is -2.53. The second-order valence-corrected chi connectivity index (χ2v) is 12.8. The molecule has 2 aliphatic rings. The van der Waals surface area contributed by atoms with Crippen molar-refractivity contribution in [3.63, 3.8) is 0 Å². The largest absolute Gasteiger partial charge is 0.344 e. The number of hydrogen-bond donors (Lipinski definition) is 1. The molecule has 1 N–H and O–H groups in total. The van der Waals surface area contributed by atoms with Crippen LogP contribution < -0.4 is 5.32 Å². The molecule has 2 aromatic heterocycles. The van der Waals surface area contributed by atoms with Gasteiger partial charge in [0, 0.05) is 38.9 Å². The average Bonchev–Trinajstić information content (AvgIpc) is 3.63. The van der Waals surface area contributed by atoms with Gasteiger partial charge in [0.05, 0.1) is 27.8 Å². The van der Waals surface area contributed by atoms with E-state index in [1.54, 1.807) is 16.2 Å². The van der Waals surface area contributed by atoms with Crippen LogP contribution >= 0.6 is 11.3 Å². The molecular formula is C33H39N7O3S. The summed E-state index contributed by atoms with van der Waals surface area (Å²) in [5.74, 6) is 1.14. The number of benzene rings is 2. The van der Waals surface area contributed by atoms with Crippen LogP contribution in [0.3, 0.4) is 0 Å². The fraction of sp³-hybridized carbons (Fsp3) is 0.455. The highest BCUT2D eigenvalue weighted by atomic mass is 32.1. The maximum atomic E-state index is 13.7. The molecule has 2 aliphatic heterocycles. The highest BCUT2D eigenvalue weighted by Gasteiger charge is 2.34. The van der Waals surface area contributed by atoms with Crippen molar-refractivity contribution in [2.75, 3.05) is 19.6 Å². The number of carbonyl (C=O) groups excluding carboxylic acids is 3. The van der Waals surface area contributed by atoms with Gasteiger partial charge in [-0.25, -0.2) is 14.6 Å². The Labute approximate surface area is 261 Å². The lowest BCUT2D eigenvalue weighted by Gasteiger charge is -2.36. The van der Waals surface area contributed by atoms with Gasteiger partial charge in [-0.3, -0.25) is 14.4 Å². The molecule has 11 heteroatoms. The number of thiazole rings is 1. The molecule has 0 bridgehead atoms. The number of amides is 3.